The van der Waals surface area contributed by atoms with Crippen LogP contribution in [-0.2, 0) is 0 Å². The van der Waals surface area contributed by atoms with Crippen molar-refractivity contribution in [3.8, 4) is 16.9 Å². The molecule has 0 atom stereocenters. The van der Waals surface area contributed by atoms with Crippen molar-refractivity contribution in [1.29, 1.82) is 0 Å². The molecule has 0 amide bonds. The second-order valence-electron chi connectivity index (χ2n) is 6.07. The number of aromatic hydroxyl groups is 1. The molecule has 0 unspecified atom stereocenters. The SMILES string of the molecule is Cc1cc(C2CCC(Br)CC2)ccc1-c1ccc(O)cc1. The van der Waals surface area contributed by atoms with Crippen LogP contribution in [0.1, 0.15) is 42.7 Å². The summed E-state index contributed by atoms with van der Waals surface area (Å²) in [6, 6.07) is 14.3. The highest BCUT2D eigenvalue weighted by molar-refractivity contribution is 9.09. The van der Waals surface area contributed by atoms with Crippen LogP contribution in [-0.4, -0.2) is 9.93 Å². The summed E-state index contributed by atoms with van der Waals surface area (Å²) in [5.74, 6) is 1.03. The lowest BCUT2D eigenvalue weighted by Crippen LogP contribution is -2.12. The topological polar surface area (TPSA) is 20.2 Å². The van der Waals surface area contributed by atoms with Gasteiger partial charge in [0.05, 0.1) is 0 Å². The minimum atomic E-state index is 0.319. The highest BCUT2D eigenvalue weighted by Gasteiger charge is 2.20. The zero-order valence-corrected chi connectivity index (χ0v) is 13.9. The molecule has 1 aliphatic carbocycles. The van der Waals surface area contributed by atoms with Crippen molar-refractivity contribution in [2.75, 3.05) is 0 Å². The molecule has 1 nitrogen and oxygen atoms in total. The minimum absolute atomic E-state index is 0.319. The first-order valence-electron chi connectivity index (χ1n) is 7.67. The van der Waals surface area contributed by atoms with Gasteiger partial charge in [-0.15, -0.1) is 0 Å². The summed E-state index contributed by atoms with van der Waals surface area (Å²) < 4.78 is 0. The maximum atomic E-state index is 9.40. The average Bonchev–Trinajstić information content (AvgIpc) is 2.49. The standard InChI is InChI=1S/C19H21BrO/c1-13-12-16(14-2-7-17(20)8-3-14)6-11-19(13)15-4-9-18(21)10-5-15/h4-6,9-12,14,17,21H,2-3,7-8H2,1H3. The van der Waals surface area contributed by atoms with E-state index in [-0.39, 0.29) is 0 Å². The Kier molecular flexibility index (Phi) is 4.34. The maximum absolute atomic E-state index is 9.40. The highest BCUT2D eigenvalue weighted by Crippen LogP contribution is 2.37. The van der Waals surface area contributed by atoms with Crippen LogP contribution in [0.3, 0.4) is 0 Å². The van der Waals surface area contributed by atoms with Crippen molar-refractivity contribution in [2.24, 2.45) is 0 Å². The van der Waals surface area contributed by atoms with Gasteiger partial charge >= 0.3 is 0 Å². The molecule has 0 aliphatic heterocycles. The quantitative estimate of drug-likeness (QED) is 0.683. The van der Waals surface area contributed by atoms with Gasteiger partial charge in [0.15, 0.2) is 0 Å². The van der Waals surface area contributed by atoms with E-state index >= 15 is 0 Å². The fourth-order valence-corrected chi connectivity index (χ4v) is 3.82. The van der Waals surface area contributed by atoms with Gasteiger partial charge in [-0.25, -0.2) is 0 Å². The van der Waals surface area contributed by atoms with Gasteiger partial charge in [-0.1, -0.05) is 46.3 Å². The van der Waals surface area contributed by atoms with E-state index in [9.17, 15) is 5.11 Å². The van der Waals surface area contributed by atoms with Gasteiger partial charge in [0.1, 0.15) is 5.75 Å². The molecule has 0 aromatic heterocycles. The molecular formula is C19H21BrO. The van der Waals surface area contributed by atoms with E-state index in [2.05, 4.69) is 41.1 Å². The molecule has 2 aromatic rings. The Morgan fingerprint density at radius 1 is 0.952 bits per heavy atom. The van der Waals surface area contributed by atoms with Crippen LogP contribution in [0.25, 0.3) is 11.1 Å². The van der Waals surface area contributed by atoms with Crippen molar-refractivity contribution in [3.05, 3.63) is 53.6 Å². The van der Waals surface area contributed by atoms with Crippen molar-refractivity contribution in [2.45, 2.75) is 43.4 Å². The number of alkyl halides is 1. The molecule has 1 aliphatic rings. The predicted octanol–water partition coefficient (Wildman–Crippen LogP) is 5.79. The molecule has 2 heteroatoms. The van der Waals surface area contributed by atoms with Gasteiger partial charge in [-0.2, -0.15) is 0 Å². The first kappa shape index (κ1) is 14.6. The Morgan fingerprint density at radius 3 is 2.24 bits per heavy atom. The van der Waals surface area contributed by atoms with E-state index in [1.54, 1.807) is 12.1 Å². The first-order chi connectivity index (χ1) is 10.1. The Hall–Kier alpha value is -1.28. The summed E-state index contributed by atoms with van der Waals surface area (Å²) in [5, 5.41) is 9.40. The molecule has 3 rings (SSSR count). The monoisotopic (exact) mass is 344 g/mol. The Balaban J connectivity index is 1.84. The van der Waals surface area contributed by atoms with Crippen LogP contribution in [0.5, 0.6) is 5.75 Å². The molecular weight excluding hydrogens is 324 g/mol. The van der Waals surface area contributed by atoms with Crippen molar-refractivity contribution in [1.82, 2.24) is 0 Å². The molecule has 1 fully saturated rings. The second kappa shape index (κ2) is 6.23. The number of benzene rings is 2. The number of hydrogen-bond acceptors (Lipinski definition) is 1. The predicted molar refractivity (Wildman–Crippen MR) is 92.2 cm³/mol. The van der Waals surface area contributed by atoms with E-state index in [1.807, 2.05) is 12.1 Å². The molecule has 110 valence electrons. The number of phenolic OH excluding ortho intramolecular Hbond substituents is 1. The number of rotatable bonds is 2. The molecule has 1 saturated carbocycles. The maximum Gasteiger partial charge on any atom is 0.115 e. The van der Waals surface area contributed by atoms with Crippen molar-refractivity contribution >= 4 is 15.9 Å². The molecule has 21 heavy (non-hydrogen) atoms. The van der Waals surface area contributed by atoms with Crippen LogP contribution in [0.2, 0.25) is 0 Å². The minimum Gasteiger partial charge on any atom is -0.508 e. The molecule has 0 heterocycles. The fourth-order valence-electron chi connectivity index (χ4n) is 3.29. The molecule has 0 spiro atoms. The normalized spacial score (nSPS) is 22.2. The zero-order valence-electron chi connectivity index (χ0n) is 12.3. The summed E-state index contributed by atoms with van der Waals surface area (Å²) in [6.45, 7) is 2.18. The average molecular weight is 345 g/mol. The van der Waals surface area contributed by atoms with Gasteiger partial charge in [0.2, 0.25) is 0 Å². The number of aryl methyl sites for hydroxylation is 1. The summed E-state index contributed by atoms with van der Waals surface area (Å²) in [4.78, 5) is 0.714. The van der Waals surface area contributed by atoms with Gasteiger partial charge in [-0.3, -0.25) is 0 Å². The Bertz CT molecular complexity index is 610. The second-order valence-corrected chi connectivity index (χ2v) is 7.37. The third-order valence-corrected chi connectivity index (χ3v) is 5.47. The number of hydrogen-bond donors (Lipinski definition) is 1. The lowest BCUT2D eigenvalue weighted by atomic mass is 9.82. The highest BCUT2D eigenvalue weighted by atomic mass is 79.9. The van der Waals surface area contributed by atoms with Crippen LogP contribution >= 0.6 is 15.9 Å². The molecule has 1 N–H and O–H groups in total. The van der Waals surface area contributed by atoms with Crippen LogP contribution in [0, 0.1) is 6.92 Å². The van der Waals surface area contributed by atoms with Crippen LogP contribution in [0.4, 0.5) is 0 Å². The van der Waals surface area contributed by atoms with Gasteiger partial charge in [-0.05, 0) is 72.9 Å². The first-order valence-corrected chi connectivity index (χ1v) is 8.59. The third kappa shape index (κ3) is 3.32. The summed E-state index contributed by atoms with van der Waals surface area (Å²) in [7, 11) is 0. The number of halogens is 1. The molecule has 0 saturated heterocycles. The van der Waals surface area contributed by atoms with E-state index < -0.39 is 0 Å². The Morgan fingerprint density at radius 2 is 1.62 bits per heavy atom. The van der Waals surface area contributed by atoms with Crippen molar-refractivity contribution < 1.29 is 5.11 Å². The van der Waals surface area contributed by atoms with Crippen molar-refractivity contribution in [3.63, 3.8) is 0 Å². The van der Waals surface area contributed by atoms with E-state index in [0.29, 0.717) is 16.5 Å². The van der Waals surface area contributed by atoms with Gasteiger partial charge < -0.3 is 5.11 Å². The summed E-state index contributed by atoms with van der Waals surface area (Å²) in [6.07, 6.45) is 5.13. The lowest BCUT2D eigenvalue weighted by Gasteiger charge is -2.26. The third-order valence-electron chi connectivity index (χ3n) is 4.56. The van der Waals surface area contributed by atoms with Crippen LogP contribution < -0.4 is 0 Å². The largest absolute Gasteiger partial charge is 0.508 e. The Labute approximate surface area is 135 Å². The van der Waals surface area contributed by atoms with E-state index in [1.165, 1.54) is 47.9 Å². The summed E-state index contributed by atoms with van der Waals surface area (Å²) >= 11 is 3.73. The van der Waals surface area contributed by atoms with Gasteiger partial charge in [0, 0.05) is 4.83 Å². The number of phenols is 1. The molecule has 2 aromatic carbocycles. The molecule has 0 radical (unpaired) electrons. The summed E-state index contributed by atoms with van der Waals surface area (Å²) in [5.41, 5.74) is 5.22. The smallest absolute Gasteiger partial charge is 0.115 e. The van der Waals surface area contributed by atoms with Crippen LogP contribution in [0.15, 0.2) is 42.5 Å². The van der Waals surface area contributed by atoms with E-state index in [0.717, 1.165) is 0 Å². The fraction of sp³-hybridized carbons (Fsp3) is 0.368. The zero-order chi connectivity index (χ0) is 14.8. The van der Waals surface area contributed by atoms with E-state index in [4.69, 9.17) is 0 Å². The lowest BCUT2D eigenvalue weighted by molar-refractivity contribution is 0.457. The molecule has 0 bridgehead atoms. The van der Waals surface area contributed by atoms with Gasteiger partial charge in [0.25, 0.3) is 0 Å².